The standard InChI is InChI=1S/C20H19N3O4S/c1-3-27-16-9-7-14(8-10-16)22-18(24)12-23-19(25)17(28-20(23)26)11-15-6-4-5-13(2)21-15/h4-11H,3,12H2,1-2H3,(H,22,24)/b17-11+. The molecule has 1 N–H and O–H groups in total. The first-order chi connectivity index (χ1) is 13.5. The molecule has 1 aliphatic heterocycles. The fourth-order valence-electron chi connectivity index (χ4n) is 2.56. The van der Waals surface area contributed by atoms with Crippen LogP contribution in [0.3, 0.4) is 0 Å². The highest BCUT2D eigenvalue weighted by Crippen LogP contribution is 2.31. The van der Waals surface area contributed by atoms with Gasteiger partial charge in [-0.3, -0.25) is 24.3 Å². The van der Waals surface area contributed by atoms with Crippen molar-refractivity contribution in [1.82, 2.24) is 9.88 Å². The van der Waals surface area contributed by atoms with Crippen LogP contribution in [0.25, 0.3) is 6.08 Å². The molecule has 7 nitrogen and oxygen atoms in total. The highest BCUT2D eigenvalue weighted by atomic mass is 32.2. The molecule has 8 heteroatoms. The number of pyridine rings is 1. The van der Waals surface area contributed by atoms with Gasteiger partial charge in [-0.05, 0) is 68.1 Å². The highest BCUT2D eigenvalue weighted by Gasteiger charge is 2.36. The van der Waals surface area contributed by atoms with Gasteiger partial charge in [0.15, 0.2) is 0 Å². The van der Waals surface area contributed by atoms with Gasteiger partial charge in [0.1, 0.15) is 12.3 Å². The predicted molar refractivity (Wildman–Crippen MR) is 108 cm³/mol. The maximum absolute atomic E-state index is 12.5. The van der Waals surface area contributed by atoms with Crippen LogP contribution in [0.4, 0.5) is 10.5 Å². The lowest BCUT2D eigenvalue weighted by Crippen LogP contribution is -2.36. The van der Waals surface area contributed by atoms with E-state index in [4.69, 9.17) is 4.74 Å². The third-order valence-corrected chi connectivity index (χ3v) is 4.72. The number of nitrogens with zero attached hydrogens (tertiary/aromatic N) is 2. The van der Waals surface area contributed by atoms with Gasteiger partial charge in [0.25, 0.3) is 11.1 Å². The van der Waals surface area contributed by atoms with E-state index in [-0.39, 0.29) is 11.4 Å². The molecule has 1 saturated heterocycles. The third kappa shape index (κ3) is 4.77. The fourth-order valence-corrected chi connectivity index (χ4v) is 3.38. The van der Waals surface area contributed by atoms with Gasteiger partial charge in [0.05, 0.1) is 17.2 Å². The van der Waals surface area contributed by atoms with E-state index in [1.807, 2.05) is 26.0 Å². The molecule has 0 unspecified atom stereocenters. The van der Waals surface area contributed by atoms with Crippen molar-refractivity contribution in [2.24, 2.45) is 0 Å². The minimum absolute atomic E-state index is 0.247. The topological polar surface area (TPSA) is 88.6 Å². The Kier molecular flexibility index (Phi) is 6.10. The van der Waals surface area contributed by atoms with Gasteiger partial charge in [-0.15, -0.1) is 0 Å². The van der Waals surface area contributed by atoms with Crippen LogP contribution < -0.4 is 10.1 Å². The SMILES string of the molecule is CCOc1ccc(NC(=O)CN2C(=O)S/C(=C/c3cccc(C)n3)C2=O)cc1. The molecule has 28 heavy (non-hydrogen) atoms. The van der Waals surface area contributed by atoms with Crippen molar-refractivity contribution in [3.8, 4) is 5.75 Å². The number of hydrogen-bond donors (Lipinski definition) is 1. The number of aryl methyl sites for hydroxylation is 1. The van der Waals surface area contributed by atoms with Gasteiger partial charge in [0.2, 0.25) is 5.91 Å². The van der Waals surface area contributed by atoms with E-state index in [0.717, 1.165) is 22.4 Å². The van der Waals surface area contributed by atoms with Crippen LogP contribution in [-0.4, -0.2) is 40.1 Å². The number of rotatable bonds is 6. The van der Waals surface area contributed by atoms with Crippen LogP contribution in [0.1, 0.15) is 18.3 Å². The summed E-state index contributed by atoms with van der Waals surface area (Å²) in [5.74, 6) is -0.261. The number of thioether (sulfide) groups is 1. The van der Waals surface area contributed by atoms with Gasteiger partial charge in [-0.1, -0.05) is 6.07 Å². The molecule has 0 spiro atoms. The number of imide groups is 1. The summed E-state index contributed by atoms with van der Waals surface area (Å²) >= 11 is 0.800. The second-order valence-electron chi connectivity index (χ2n) is 5.98. The molecule has 0 saturated carbocycles. The fraction of sp³-hybridized carbons (Fsp3) is 0.200. The van der Waals surface area contributed by atoms with Crippen molar-refractivity contribution >= 4 is 40.6 Å². The summed E-state index contributed by atoms with van der Waals surface area (Å²) in [4.78, 5) is 42.4. The van der Waals surface area contributed by atoms with Crippen molar-refractivity contribution in [1.29, 1.82) is 0 Å². The smallest absolute Gasteiger partial charge is 0.294 e. The largest absolute Gasteiger partial charge is 0.494 e. The number of amides is 3. The molecule has 0 bridgehead atoms. The highest BCUT2D eigenvalue weighted by molar-refractivity contribution is 8.18. The molecule has 0 aliphatic carbocycles. The van der Waals surface area contributed by atoms with E-state index in [0.29, 0.717) is 23.7 Å². The van der Waals surface area contributed by atoms with E-state index < -0.39 is 17.1 Å². The number of nitrogens with one attached hydrogen (secondary N) is 1. The molecule has 2 heterocycles. The minimum atomic E-state index is -0.500. The Morgan fingerprint density at radius 1 is 1.21 bits per heavy atom. The van der Waals surface area contributed by atoms with E-state index >= 15 is 0 Å². The summed E-state index contributed by atoms with van der Waals surface area (Å²) in [7, 11) is 0. The zero-order valence-corrected chi connectivity index (χ0v) is 16.3. The second-order valence-corrected chi connectivity index (χ2v) is 6.97. The Bertz CT molecular complexity index is 941. The van der Waals surface area contributed by atoms with Gasteiger partial charge in [-0.2, -0.15) is 0 Å². The first kappa shape index (κ1) is 19.6. The lowest BCUT2D eigenvalue weighted by atomic mass is 10.3. The number of carbonyl (C=O) groups excluding carboxylic acids is 3. The Labute approximate surface area is 166 Å². The van der Waals surface area contributed by atoms with Crippen LogP contribution in [-0.2, 0) is 9.59 Å². The van der Waals surface area contributed by atoms with Gasteiger partial charge >= 0.3 is 0 Å². The lowest BCUT2D eigenvalue weighted by molar-refractivity contribution is -0.127. The molecule has 0 radical (unpaired) electrons. The normalized spacial score (nSPS) is 15.2. The van der Waals surface area contributed by atoms with Crippen molar-refractivity contribution in [3.05, 3.63) is 58.8 Å². The summed E-state index contributed by atoms with van der Waals surface area (Å²) < 4.78 is 5.35. The molecule has 144 valence electrons. The Morgan fingerprint density at radius 3 is 2.64 bits per heavy atom. The van der Waals surface area contributed by atoms with Crippen LogP contribution in [0.5, 0.6) is 5.75 Å². The van der Waals surface area contributed by atoms with E-state index in [9.17, 15) is 14.4 Å². The maximum Gasteiger partial charge on any atom is 0.294 e. The number of hydrogen-bond acceptors (Lipinski definition) is 6. The second kappa shape index (κ2) is 8.71. The Morgan fingerprint density at radius 2 is 1.96 bits per heavy atom. The van der Waals surface area contributed by atoms with Crippen molar-refractivity contribution in [2.45, 2.75) is 13.8 Å². The molecule has 1 fully saturated rings. The van der Waals surface area contributed by atoms with Gasteiger partial charge in [0, 0.05) is 11.4 Å². The zero-order chi connectivity index (χ0) is 20.1. The summed E-state index contributed by atoms with van der Waals surface area (Å²) in [5.41, 5.74) is 1.95. The molecule has 1 aliphatic rings. The number of ether oxygens (including phenoxy) is 1. The summed E-state index contributed by atoms with van der Waals surface area (Å²) in [6.07, 6.45) is 1.56. The minimum Gasteiger partial charge on any atom is -0.494 e. The predicted octanol–water partition coefficient (Wildman–Crippen LogP) is 3.46. The van der Waals surface area contributed by atoms with E-state index in [1.54, 1.807) is 36.4 Å². The number of aromatic nitrogens is 1. The first-order valence-corrected chi connectivity index (χ1v) is 9.49. The Hall–Kier alpha value is -3.13. The summed E-state index contributed by atoms with van der Waals surface area (Å²) in [6.45, 7) is 3.93. The van der Waals surface area contributed by atoms with Gasteiger partial charge < -0.3 is 10.1 Å². The van der Waals surface area contributed by atoms with Gasteiger partial charge in [-0.25, -0.2) is 0 Å². The maximum atomic E-state index is 12.5. The molecule has 3 rings (SSSR count). The molecule has 1 aromatic heterocycles. The quantitative estimate of drug-likeness (QED) is 0.751. The lowest BCUT2D eigenvalue weighted by Gasteiger charge is -2.12. The number of anilines is 1. The molecule has 0 atom stereocenters. The first-order valence-electron chi connectivity index (χ1n) is 8.68. The summed E-state index contributed by atoms with van der Waals surface area (Å²) in [5, 5.41) is 2.19. The average Bonchev–Trinajstić information content (AvgIpc) is 2.91. The van der Waals surface area contributed by atoms with Crippen LogP contribution in [0.15, 0.2) is 47.4 Å². The average molecular weight is 397 g/mol. The van der Waals surface area contributed by atoms with Crippen LogP contribution in [0.2, 0.25) is 0 Å². The van der Waals surface area contributed by atoms with Crippen molar-refractivity contribution in [3.63, 3.8) is 0 Å². The zero-order valence-electron chi connectivity index (χ0n) is 15.5. The summed E-state index contributed by atoms with van der Waals surface area (Å²) in [6, 6.07) is 12.3. The molecule has 2 aromatic rings. The van der Waals surface area contributed by atoms with Crippen LogP contribution >= 0.6 is 11.8 Å². The monoisotopic (exact) mass is 397 g/mol. The van der Waals surface area contributed by atoms with E-state index in [1.165, 1.54) is 0 Å². The molecular formula is C20H19N3O4S. The molecule has 1 aromatic carbocycles. The molecule has 3 amide bonds. The number of benzene rings is 1. The third-order valence-electron chi connectivity index (χ3n) is 3.81. The number of carbonyl (C=O) groups is 3. The van der Waals surface area contributed by atoms with E-state index in [2.05, 4.69) is 10.3 Å². The van der Waals surface area contributed by atoms with Crippen molar-refractivity contribution < 1.29 is 19.1 Å². The van der Waals surface area contributed by atoms with Crippen LogP contribution in [0, 0.1) is 6.92 Å². The Balaban J connectivity index is 1.64. The van der Waals surface area contributed by atoms with Crippen molar-refractivity contribution in [2.75, 3.05) is 18.5 Å². The molecular weight excluding hydrogens is 378 g/mol.